The minimum absolute atomic E-state index is 0.0796. The Labute approximate surface area is 81.3 Å². The zero-order valence-corrected chi connectivity index (χ0v) is 8.79. The van der Waals surface area contributed by atoms with E-state index in [1.807, 2.05) is 14.0 Å². The summed E-state index contributed by atoms with van der Waals surface area (Å²) in [5, 5.41) is 0. The molecule has 0 aromatic carbocycles. The second-order valence-electron chi connectivity index (χ2n) is 3.55. The predicted molar refractivity (Wildman–Crippen MR) is 55.3 cm³/mol. The van der Waals surface area contributed by atoms with E-state index in [0.29, 0.717) is 0 Å². The SMILES string of the molecule is C#CC(C)CC(C=O)CN(C)CC. The van der Waals surface area contributed by atoms with Gasteiger partial charge in [-0.3, -0.25) is 0 Å². The number of nitrogens with zero attached hydrogens (tertiary/aromatic N) is 1. The van der Waals surface area contributed by atoms with Gasteiger partial charge in [-0.1, -0.05) is 13.8 Å². The van der Waals surface area contributed by atoms with E-state index in [1.54, 1.807) is 0 Å². The first-order valence-corrected chi connectivity index (χ1v) is 4.74. The van der Waals surface area contributed by atoms with E-state index in [0.717, 1.165) is 25.8 Å². The molecule has 0 bridgehead atoms. The number of aldehydes is 1. The molecule has 0 aromatic rings. The summed E-state index contributed by atoms with van der Waals surface area (Å²) in [6.45, 7) is 5.83. The molecular weight excluding hydrogens is 162 g/mol. The molecule has 0 aromatic heterocycles. The van der Waals surface area contributed by atoms with Crippen molar-refractivity contribution in [3.8, 4) is 12.3 Å². The van der Waals surface area contributed by atoms with Gasteiger partial charge in [0.15, 0.2) is 0 Å². The molecule has 0 N–H and O–H groups in total. The van der Waals surface area contributed by atoms with Crippen molar-refractivity contribution in [1.29, 1.82) is 0 Å². The number of hydrogen-bond acceptors (Lipinski definition) is 2. The Morgan fingerprint density at radius 3 is 2.62 bits per heavy atom. The molecule has 2 nitrogen and oxygen atoms in total. The van der Waals surface area contributed by atoms with Gasteiger partial charge in [0.1, 0.15) is 6.29 Å². The number of hydrogen-bond donors (Lipinski definition) is 0. The van der Waals surface area contributed by atoms with Crippen LogP contribution in [0.4, 0.5) is 0 Å². The first-order chi connectivity index (χ1) is 6.13. The predicted octanol–water partition coefficient (Wildman–Crippen LogP) is 1.41. The van der Waals surface area contributed by atoms with Crippen molar-refractivity contribution in [2.24, 2.45) is 11.8 Å². The molecule has 2 atom stereocenters. The molecule has 0 radical (unpaired) electrons. The van der Waals surface area contributed by atoms with Gasteiger partial charge in [-0.15, -0.1) is 12.3 Å². The summed E-state index contributed by atoms with van der Waals surface area (Å²) >= 11 is 0. The monoisotopic (exact) mass is 181 g/mol. The van der Waals surface area contributed by atoms with Crippen molar-refractivity contribution in [3.05, 3.63) is 0 Å². The van der Waals surface area contributed by atoms with Gasteiger partial charge in [-0.25, -0.2) is 0 Å². The highest BCUT2D eigenvalue weighted by atomic mass is 16.1. The Morgan fingerprint density at radius 1 is 1.62 bits per heavy atom. The molecule has 74 valence electrons. The molecule has 0 amide bonds. The lowest BCUT2D eigenvalue weighted by atomic mass is 9.97. The van der Waals surface area contributed by atoms with Crippen molar-refractivity contribution < 1.29 is 4.79 Å². The van der Waals surface area contributed by atoms with Crippen LogP contribution in [0, 0.1) is 24.2 Å². The Hall–Kier alpha value is -0.810. The Kier molecular flexibility index (Phi) is 6.26. The second-order valence-corrected chi connectivity index (χ2v) is 3.55. The van der Waals surface area contributed by atoms with E-state index in [4.69, 9.17) is 6.42 Å². The van der Waals surface area contributed by atoms with E-state index in [-0.39, 0.29) is 11.8 Å². The van der Waals surface area contributed by atoms with Crippen LogP contribution in [0.1, 0.15) is 20.3 Å². The largest absolute Gasteiger partial charge is 0.306 e. The minimum atomic E-state index is 0.0796. The van der Waals surface area contributed by atoms with Crippen LogP contribution in [0.2, 0.25) is 0 Å². The fourth-order valence-electron chi connectivity index (χ4n) is 1.22. The number of terminal acetylenes is 1. The maximum Gasteiger partial charge on any atom is 0.124 e. The van der Waals surface area contributed by atoms with E-state index >= 15 is 0 Å². The molecule has 0 heterocycles. The molecular formula is C11H19NO. The molecule has 0 saturated heterocycles. The Bertz CT molecular complexity index is 183. The third kappa shape index (κ3) is 5.43. The average molecular weight is 181 g/mol. The molecule has 2 heteroatoms. The van der Waals surface area contributed by atoms with Gasteiger partial charge in [0.25, 0.3) is 0 Å². The van der Waals surface area contributed by atoms with Crippen LogP contribution in [0.25, 0.3) is 0 Å². The van der Waals surface area contributed by atoms with Gasteiger partial charge in [0.05, 0.1) is 0 Å². The smallest absolute Gasteiger partial charge is 0.124 e. The normalized spacial score (nSPS) is 15.0. The van der Waals surface area contributed by atoms with Crippen LogP contribution in [-0.2, 0) is 4.79 Å². The van der Waals surface area contributed by atoms with Gasteiger partial charge in [0.2, 0.25) is 0 Å². The highest BCUT2D eigenvalue weighted by Crippen LogP contribution is 2.10. The molecule has 0 spiro atoms. The molecule has 0 fully saturated rings. The van der Waals surface area contributed by atoms with Gasteiger partial charge >= 0.3 is 0 Å². The zero-order valence-electron chi connectivity index (χ0n) is 8.79. The van der Waals surface area contributed by atoms with Crippen LogP contribution >= 0.6 is 0 Å². The zero-order chi connectivity index (χ0) is 10.3. The van der Waals surface area contributed by atoms with Gasteiger partial charge < -0.3 is 9.69 Å². The Morgan fingerprint density at radius 2 is 2.23 bits per heavy atom. The lowest BCUT2D eigenvalue weighted by Gasteiger charge is -2.19. The number of carbonyl (C=O) groups excluding carboxylic acids is 1. The van der Waals surface area contributed by atoms with Crippen molar-refractivity contribution in [3.63, 3.8) is 0 Å². The van der Waals surface area contributed by atoms with Crippen LogP contribution in [0.3, 0.4) is 0 Å². The fourth-order valence-corrected chi connectivity index (χ4v) is 1.22. The van der Waals surface area contributed by atoms with E-state index in [9.17, 15) is 4.79 Å². The summed E-state index contributed by atoms with van der Waals surface area (Å²) in [7, 11) is 2.01. The highest BCUT2D eigenvalue weighted by Gasteiger charge is 2.12. The third-order valence-corrected chi connectivity index (χ3v) is 2.22. The topological polar surface area (TPSA) is 20.3 Å². The van der Waals surface area contributed by atoms with Crippen LogP contribution in [-0.4, -0.2) is 31.3 Å². The van der Waals surface area contributed by atoms with E-state index < -0.39 is 0 Å². The summed E-state index contributed by atoms with van der Waals surface area (Å²) in [4.78, 5) is 12.8. The standard InChI is InChI=1S/C11H19NO/c1-5-10(3)7-11(9-13)8-12(4)6-2/h1,9-11H,6-8H2,2-4H3. The first-order valence-electron chi connectivity index (χ1n) is 4.74. The number of rotatable bonds is 6. The van der Waals surface area contributed by atoms with Crippen LogP contribution in [0.5, 0.6) is 0 Å². The van der Waals surface area contributed by atoms with Crippen molar-refractivity contribution in [2.75, 3.05) is 20.1 Å². The van der Waals surface area contributed by atoms with Crippen molar-refractivity contribution in [1.82, 2.24) is 4.90 Å². The van der Waals surface area contributed by atoms with Gasteiger partial charge in [0, 0.05) is 18.4 Å². The molecule has 0 aliphatic carbocycles. The first kappa shape index (κ1) is 12.2. The second kappa shape index (κ2) is 6.68. The summed E-state index contributed by atoms with van der Waals surface area (Å²) in [5.74, 6) is 2.92. The molecule has 0 saturated carbocycles. The quantitative estimate of drug-likeness (QED) is 0.456. The van der Waals surface area contributed by atoms with E-state index in [2.05, 4.69) is 17.7 Å². The van der Waals surface area contributed by atoms with Gasteiger partial charge in [-0.05, 0) is 20.0 Å². The summed E-state index contributed by atoms with van der Waals surface area (Å²) in [5.41, 5.74) is 0. The van der Waals surface area contributed by atoms with Crippen LogP contribution in [0.15, 0.2) is 0 Å². The fraction of sp³-hybridized carbons (Fsp3) is 0.727. The summed E-state index contributed by atoms with van der Waals surface area (Å²) in [6, 6.07) is 0. The van der Waals surface area contributed by atoms with E-state index in [1.165, 1.54) is 0 Å². The maximum absolute atomic E-state index is 10.7. The lowest BCUT2D eigenvalue weighted by Crippen LogP contribution is -2.27. The van der Waals surface area contributed by atoms with Crippen LogP contribution < -0.4 is 0 Å². The number of carbonyl (C=O) groups is 1. The van der Waals surface area contributed by atoms with Crippen molar-refractivity contribution >= 4 is 6.29 Å². The molecule has 0 aliphatic heterocycles. The van der Waals surface area contributed by atoms with Gasteiger partial charge in [-0.2, -0.15) is 0 Å². The molecule has 13 heavy (non-hydrogen) atoms. The van der Waals surface area contributed by atoms with Crippen molar-refractivity contribution in [2.45, 2.75) is 20.3 Å². The maximum atomic E-state index is 10.7. The molecule has 0 aliphatic rings. The highest BCUT2D eigenvalue weighted by molar-refractivity contribution is 5.53. The third-order valence-electron chi connectivity index (χ3n) is 2.22. The Balaban J connectivity index is 3.90. The molecule has 2 unspecified atom stereocenters. The molecule has 0 rings (SSSR count). The average Bonchev–Trinajstić information content (AvgIpc) is 2.16. The summed E-state index contributed by atoms with van der Waals surface area (Å²) in [6.07, 6.45) is 7.07. The minimum Gasteiger partial charge on any atom is -0.306 e. The summed E-state index contributed by atoms with van der Waals surface area (Å²) < 4.78 is 0. The lowest BCUT2D eigenvalue weighted by molar-refractivity contribution is -0.111.